The van der Waals surface area contributed by atoms with E-state index < -0.39 is 35.6 Å². The lowest BCUT2D eigenvalue weighted by Crippen LogP contribution is -2.54. The molecular formula is C27H44N4O5. The van der Waals surface area contributed by atoms with E-state index >= 15 is 0 Å². The van der Waals surface area contributed by atoms with Gasteiger partial charge in [-0.3, -0.25) is 14.4 Å². The van der Waals surface area contributed by atoms with Crippen molar-refractivity contribution in [2.24, 2.45) is 5.73 Å². The predicted molar refractivity (Wildman–Crippen MR) is 140 cm³/mol. The maximum absolute atomic E-state index is 14.0. The zero-order chi connectivity index (χ0) is 27.5. The Morgan fingerprint density at radius 1 is 1.06 bits per heavy atom. The minimum absolute atomic E-state index is 0.00994. The minimum Gasteiger partial charge on any atom is -0.444 e. The first-order chi connectivity index (χ1) is 16.8. The van der Waals surface area contributed by atoms with Gasteiger partial charge in [-0.15, -0.1) is 0 Å². The molecule has 1 aromatic carbocycles. The van der Waals surface area contributed by atoms with Gasteiger partial charge in [-0.25, -0.2) is 4.79 Å². The van der Waals surface area contributed by atoms with Crippen LogP contribution in [0.15, 0.2) is 24.3 Å². The van der Waals surface area contributed by atoms with Crippen molar-refractivity contribution in [3.63, 3.8) is 0 Å². The summed E-state index contributed by atoms with van der Waals surface area (Å²) in [6.45, 7) is 13.1. The van der Waals surface area contributed by atoms with Gasteiger partial charge in [0.2, 0.25) is 17.7 Å². The Hall–Kier alpha value is -3.10. The van der Waals surface area contributed by atoms with Crippen molar-refractivity contribution >= 4 is 23.8 Å². The Kier molecular flexibility index (Phi) is 12.4. The van der Waals surface area contributed by atoms with Gasteiger partial charge in [0.25, 0.3) is 0 Å². The summed E-state index contributed by atoms with van der Waals surface area (Å²) in [6.07, 6.45) is 1.57. The molecule has 0 aliphatic rings. The van der Waals surface area contributed by atoms with Crippen LogP contribution in [0.3, 0.4) is 0 Å². The zero-order valence-corrected chi connectivity index (χ0v) is 22.8. The third-order valence-electron chi connectivity index (χ3n) is 5.43. The molecule has 0 aromatic heterocycles. The predicted octanol–water partition coefficient (Wildman–Crippen LogP) is 3.74. The van der Waals surface area contributed by atoms with Crippen LogP contribution in [0, 0.1) is 6.92 Å². The van der Waals surface area contributed by atoms with Crippen molar-refractivity contribution in [2.75, 3.05) is 6.54 Å². The van der Waals surface area contributed by atoms with Crippen molar-refractivity contribution in [1.82, 2.24) is 15.5 Å². The fourth-order valence-corrected chi connectivity index (χ4v) is 3.80. The van der Waals surface area contributed by atoms with E-state index in [0.717, 1.165) is 18.4 Å². The molecule has 0 saturated carbocycles. The number of nitrogens with zero attached hydrogens (tertiary/aromatic N) is 1. The lowest BCUT2D eigenvalue weighted by molar-refractivity contribution is -0.143. The van der Waals surface area contributed by atoms with Gasteiger partial charge in [0.05, 0.1) is 0 Å². The molecule has 2 unspecified atom stereocenters. The van der Waals surface area contributed by atoms with Crippen molar-refractivity contribution in [1.29, 1.82) is 0 Å². The van der Waals surface area contributed by atoms with Crippen LogP contribution < -0.4 is 16.4 Å². The molecule has 9 nitrogen and oxygen atoms in total. The monoisotopic (exact) mass is 504 g/mol. The van der Waals surface area contributed by atoms with Crippen LogP contribution >= 0.6 is 0 Å². The average Bonchev–Trinajstić information content (AvgIpc) is 2.74. The number of benzene rings is 1. The standard InChI is InChI=1S/C27H44N4O5/c1-8-9-12-17-31(23(24(33)29-18(2)3)20-14-11-10-13-19(20)4)25(34)21(15-16-22(28)32)30-26(35)36-27(5,6)7/h10-11,13-14,18,21,23H,8-9,12,15-17H2,1-7H3,(H2,28,32)(H,29,33)(H,30,35). The molecule has 1 rings (SSSR count). The summed E-state index contributed by atoms with van der Waals surface area (Å²) in [4.78, 5) is 53.1. The number of carbonyl (C=O) groups excluding carboxylic acids is 4. The number of nitrogens with one attached hydrogen (secondary N) is 2. The van der Waals surface area contributed by atoms with Crippen molar-refractivity contribution in [3.05, 3.63) is 35.4 Å². The highest BCUT2D eigenvalue weighted by atomic mass is 16.6. The van der Waals surface area contributed by atoms with Crippen LogP contribution in [0.5, 0.6) is 0 Å². The van der Waals surface area contributed by atoms with E-state index in [0.29, 0.717) is 18.5 Å². The summed E-state index contributed by atoms with van der Waals surface area (Å²) in [5.74, 6) is -1.37. The Labute approximate surface area is 215 Å². The van der Waals surface area contributed by atoms with E-state index in [4.69, 9.17) is 10.5 Å². The number of alkyl carbamates (subject to hydrolysis) is 1. The maximum Gasteiger partial charge on any atom is 0.408 e. The molecule has 0 spiro atoms. The fourth-order valence-electron chi connectivity index (χ4n) is 3.80. The topological polar surface area (TPSA) is 131 Å². The summed E-state index contributed by atoms with van der Waals surface area (Å²) in [5, 5.41) is 5.54. The SMILES string of the molecule is CCCCCN(C(=O)C(CCC(N)=O)NC(=O)OC(C)(C)C)C(C(=O)NC(C)C)c1ccccc1C. The molecule has 0 bridgehead atoms. The highest BCUT2D eigenvalue weighted by molar-refractivity contribution is 5.92. The molecule has 4 N–H and O–H groups in total. The number of carbonyl (C=O) groups is 4. The Morgan fingerprint density at radius 3 is 2.22 bits per heavy atom. The van der Waals surface area contributed by atoms with Crippen LogP contribution in [0.25, 0.3) is 0 Å². The van der Waals surface area contributed by atoms with E-state index in [9.17, 15) is 19.2 Å². The second-order valence-corrected chi connectivity index (χ2v) is 10.4. The van der Waals surface area contributed by atoms with Crippen molar-refractivity contribution in [2.45, 2.75) is 104 Å². The third kappa shape index (κ3) is 10.7. The second kappa shape index (κ2) is 14.5. The van der Waals surface area contributed by atoms with Gasteiger partial charge in [-0.1, -0.05) is 44.0 Å². The first kappa shape index (κ1) is 30.9. The average molecular weight is 505 g/mol. The first-order valence-electron chi connectivity index (χ1n) is 12.7. The molecule has 9 heteroatoms. The highest BCUT2D eigenvalue weighted by Gasteiger charge is 2.36. The number of ether oxygens (including phenoxy) is 1. The summed E-state index contributed by atoms with van der Waals surface area (Å²) in [5.41, 5.74) is 6.14. The van der Waals surface area contributed by atoms with E-state index in [1.54, 1.807) is 20.8 Å². The number of unbranched alkanes of at least 4 members (excludes halogenated alkanes) is 2. The van der Waals surface area contributed by atoms with Crippen LogP contribution in [-0.4, -0.2) is 52.9 Å². The molecule has 0 heterocycles. The number of amides is 4. The maximum atomic E-state index is 14.0. The largest absolute Gasteiger partial charge is 0.444 e. The normalized spacial score (nSPS) is 13.0. The van der Waals surface area contributed by atoms with Gasteiger partial charge in [0, 0.05) is 19.0 Å². The number of rotatable bonds is 13. The zero-order valence-electron chi connectivity index (χ0n) is 22.8. The van der Waals surface area contributed by atoms with Gasteiger partial charge in [-0.05, 0) is 65.5 Å². The molecule has 0 saturated heterocycles. The number of aryl methyl sites for hydroxylation is 1. The lowest BCUT2D eigenvalue weighted by Gasteiger charge is -2.35. The summed E-state index contributed by atoms with van der Waals surface area (Å²) >= 11 is 0. The molecular weight excluding hydrogens is 460 g/mol. The van der Waals surface area contributed by atoms with E-state index in [1.807, 2.05) is 45.0 Å². The molecule has 0 aliphatic heterocycles. The second-order valence-electron chi connectivity index (χ2n) is 10.4. The Bertz CT molecular complexity index is 894. The Balaban J connectivity index is 3.50. The van der Waals surface area contributed by atoms with Crippen LogP contribution in [-0.2, 0) is 19.1 Å². The van der Waals surface area contributed by atoms with E-state index in [-0.39, 0.29) is 24.8 Å². The van der Waals surface area contributed by atoms with Crippen LogP contribution in [0.1, 0.15) is 90.8 Å². The van der Waals surface area contributed by atoms with Gasteiger partial charge in [0.1, 0.15) is 17.7 Å². The quantitative estimate of drug-likeness (QED) is 0.352. The molecule has 36 heavy (non-hydrogen) atoms. The number of hydrogen-bond acceptors (Lipinski definition) is 5. The van der Waals surface area contributed by atoms with Crippen molar-refractivity contribution < 1.29 is 23.9 Å². The third-order valence-corrected chi connectivity index (χ3v) is 5.43. The number of nitrogens with two attached hydrogens (primary N) is 1. The molecule has 4 amide bonds. The molecule has 202 valence electrons. The Morgan fingerprint density at radius 2 is 1.69 bits per heavy atom. The lowest BCUT2D eigenvalue weighted by atomic mass is 9.97. The molecule has 0 radical (unpaired) electrons. The van der Waals surface area contributed by atoms with Crippen LogP contribution in [0.2, 0.25) is 0 Å². The summed E-state index contributed by atoms with van der Waals surface area (Å²) in [7, 11) is 0. The van der Waals surface area contributed by atoms with E-state index in [2.05, 4.69) is 17.6 Å². The molecule has 2 atom stereocenters. The smallest absolute Gasteiger partial charge is 0.408 e. The van der Waals surface area contributed by atoms with Gasteiger partial charge < -0.3 is 26.0 Å². The van der Waals surface area contributed by atoms with Gasteiger partial charge >= 0.3 is 6.09 Å². The van der Waals surface area contributed by atoms with Gasteiger partial charge in [-0.2, -0.15) is 0 Å². The highest BCUT2D eigenvalue weighted by Crippen LogP contribution is 2.27. The minimum atomic E-state index is -1.09. The molecule has 0 aliphatic carbocycles. The van der Waals surface area contributed by atoms with Gasteiger partial charge in [0.15, 0.2) is 0 Å². The summed E-state index contributed by atoms with van der Waals surface area (Å²) in [6, 6.07) is 5.29. The number of primary amides is 1. The molecule has 1 aromatic rings. The first-order valence-corrected chi connectivity index (χ1v) is 12.7. The van der Waals surface area contributed by atoms with Crippen molar-refractivity contribution in [3.8, 4) is 0 Å². The fraction of sp³-hybridized carbons (Fsp3) is 0.630. The van der Waals surface area contributed by atoms with E-state index in [1.165, 1.54) is 4.90 Å². The number of hydrogen-bond donors (Lipinski definition) is 3. The molecule has 0 fully saturated rings. The summed E-state index contributed by atoms with van der Waals surface area (Å²) < 4.78 is 5.35. The van der Waals surface area contributed by atoms with Crippen LogP contribution in [0.4, 0.5) is 4.79 Å².